The summed E-state index contributed by atoms with van der Waals surface area (Å²) in [6.07, 6.45) is 7.63. The predicted molar refractivity (Wildman–Crippen MR) is 114 cm³/mol. The number of likely N-dealkylation sites (tertiary alicyclic amines) is 1. The number of benzene rings is 1. The van der Waals surface area contributed by atoms with E-state index in [0.717, 1.165) is 37.3 Å². The SMILES string of the molecule is CCNC(=NCc1ccc(CN2CCCC2=O)cc1)NC1CCC(SC)C1. The maximum absolute atomic E-state index is 11.8. The van der Waals surface area contributed by atoms with Crippen molar-refractivity contribution in [2.75, 3.05) is 19.3 Å². The van der Waals surface area contributed by atoms with Gasteiger partial charge in [-0.25, -0.2) is 4.99 Å². The van der Waals surface area contributed by atoms with Crippen LogP contribution in [-0.2, 0) is 17.9 Å². The number of thioether (sulfide) groups is 1. The molecule has 1 aliphatic heterocycles. The Morgan fingerprint density at radius 2 is 2.04 bits per heavy atom. The topological polar surface area (TPSA) is 56.7 Å². The van der Waals surface area contributed by atoms with E-state index >= 15 is 0 Å². The van der Waals surface area contributed by atoms with Gasteiger partial charge < -0.3 is 15.5 Å². The predicted octanol–water partition coefficient (Wildman–Crippen LogP) is 3.15. The molecule has 148 valence electrons. The number of nitrogens with one attached hydrogen (secondary N) is 2. The fourth-order valence-electron chi connectivity index (χ4n) is 3.81. The van der Waals surface area contributed by atoms with Gasteiger partial charge in [-0.2, -0.15) is 11.8 Å². The highest BCUT2D eigenvalue weighted by Gasteiger charge is 2.24. The summed E-state index contributed by atoms with van der Waals surface area (Å²) in [5.74, 6) is 1.19. The number of amides is 1. The highest BCUT2D eigenvalue weighted by molar-refractivity contribution is 7.99. The molecule has 1 aliphatic carbocycles. The van der Waals surface area contributed by atoms with Crippen molar-refractivity contribution in [3.63, 3.8) is 0 Å². The van der Waals surface area contributed by atoms with E-state index in [1.54, 1.807) is 0 Å². The van der Waals surface area contributed by atoms with Crippen molar-refractivity contribution in [2.24, 2.45) is 4.99 Å². The molecule has 27 heavy (non-hydrogen) atoms. The van der Waals surface area contributed by atoms with Crippen molar-refractivity contribution in [1.82, 2.24) is 15.5 Å². The molecule has 2 aliphatic rings. The molecule has 2 N–H and O–H groups in total. The standard InChI is InChI=1S/C21H32N4OS/c1-3-22-21(24-18-10-11-19(13-18)27-2)23-14-16-6-8-17(9-7-16)15-25-12-4-5-20(25)26/h6-9,18-19H,3-5,10-15H2,1-2H3,(H2,22,23,24). The van der Waals surface area contributed by atoms with Crippen LogP contribution in [0.2, 0.25) is 0 Å². The summed E-state index contributed by atoms with van der Waals surface area (Å²) in [5, 5.41) is 7.74. The molecule has 0 aromatic heterocycles. The number of carbonyl (C=O) groups is 1. The normalized spacial score (nSPS) is 23.1. The van der Waals surface area contributed by atoms with E-state index in [1.807, 2.05) is 16.7 Å². The molecular weight excluding hydrogens is 356 g/mol. The number of hydrogen-bond donors (Lipinski definition) is 2. The van der Waals surface area contributed by atoms with Crippen molar-refractivity contribution in [1.29, 1.82) is 0 Å². The third kappa shape index (κ3) is 5.89. The molecule has 1 aromatic rings. The second-order valence-electron chi connectivity index (χ2n) is 7.44. The Kier molecular flexibility index (Phi) is 7.44. The van der Waals surface area contributed by atoms with Crippen LogP contribution in [0.25, 0.3) is 0 Å². The number of carbonyl (C=O) groups excluding carboxylic acids is 1. The molecule has 1 aromatic carbocycles. The van der Waals surface area contributed by atoms with Crippen LogP contribution in [0.3, 0.4) is 0 Å². The Morgan fingerprint density at radius 3 is 2.67 bits per heavy atom. The molecule has 1 saturated heterocycles. The van der Waals surface area contributed by atoms with Crippen molar-refractivity contribution in [3.8, 4) is 0 Å². The molecule has 0 radical (unpaired) electrons. The van der Waals surface area contributed by atoms with Crippen molar-refractivity contribution in [3.05, 3.63) is 35.4 Å². The summed E-state index contributed by atoms with van der Waals surface area (Å²) in [5.41, 5.74) is 2.38. The lowest BCUT2D eigenvalue weighted by Gasteiger charge is -2.17. The lowest BCUT2D eigenvalue weighted by molar-refractivity contribution is -0.128. The first kappa shape index (κ1) is 20.1. The Bertz CT molecular complexity index is 646. The first-order chi connectivity index (χ1) is 13.2. The third-order valence-electron chi connectivity index (χ3n) is 5.39. The van der Waals surface area contributed by atoms with Crippen LogP contribution in [0, 0.1) is 0 Å². The summed E-state index contributed by atoms with van der Waals surface area (Å²) in [6, 6.07) is 9.03. The summed E-state index contributed by atoms with van der Waals surface area (Å²) in [4.78, 5) is 18.5. The van der Waals surface area contributed by atoms with Gasteiger partial charge >= 0.3 is 0 Å². The molecule has 0 spiro atoms. The zero-order chi connectivity index (χ0) is 19.1. The average Bonchev–Trinajstić information content (AvgIpc) is 3.30. The van der Waals surface area contributed by atoms with Gasteiger partial charge in [0.25, 0.3) is 0 Å². The smallest absolute Gasteiger partial charge is 0.222 e. The first-order valence-electron chi connectivity index (χ1n) is 10.1. The van der Waals surface area contributed by atoms with E-state index in [1.165, 1.54) is 30.4 Å². The zero-order valence-corrected chi connectivity index (χ0v) is 17.4. The lowest BCUT2D eigenvalue weighted by atomic mass is 10.1. The lowest BCUT2D eigenvalue weighted by Crippen LogP contribution is -2.42. The van der Waals surface area contributed by atoms with E-state index in [2.05, 4.69) is 48.1 Å². The van der Waals surface area contributed by atoms with Gasteiger partial charge in [0.05, 0.1) is 6.54 Å². The number of hydrogen-bond acceptors (Lipinski definition) is 3. The van der Waals surface area contributed by atoms with Gasteiger partial charge in [-0.3, -0.25) is 4.79 Å². The van der Waals surface area contributed by atoms with E-state index in [9.17, 15) is 4.79 Å². The molecule has 1 amide bonds. The van der Waals surface area contributed by atoms with Crippen LogP contribution in [0.4, 0.5) is 0 Å². The van der Waals surface area contributed by atoms with E-state index in [-0.39, 0.29) is 5.91 Å². The van der Waals surface area contributed by atoms with Crippen molar-refractivity contribution < 1.29 is 4.79 Å². The van der Waals surface area contributed by atoms with Crippen LogP contribution >= 0.6 is 11.8 Å². The average molecular weight is 389 g/mol. The number of nitrogens with zero attached hydrogens (tertiary/aromatic N) is 2. The molecule has 6 heteroatoms. The monoisotopic (exact) mass is 388 g/mol. The minimum absolute atomic E-state index is 0.278. The molecule has 3 rings (SSSR count). The molecule has 1 saturated carbocycles. The molecular formula is C21H32N4OS. The van der Waals surface area contributed by atoms with Crippen LogP contribution in [0.1, 0.15) is 50.2 Å². The van der Waals surface area contributed by atoms with E-state index in [0.29, 0.717) is 19.0 Å². The molecule has 2 unspecified atom stereocenters. The van der Waals surface area contributed by atoms with Crippen LogP contribution in [0.15, 0.2) is 29.3 Å². The van der Waals surface area contributed by atoms with Gasteiger partial charge in [0, 0.05) is 37.3 Å². The Balaban J connectivity index is 1.53. The second kappa shape index (κ2) is 10.0. The highest BCUT2D eigenvalue weighted by atomic mass is 32.2. The largest absolute Gasteiger partial charge is 0.357 e. The van der Waals surface area contributed by atoms with E-state index in [4.69, 9.17) is 4.99 Å². The molecule has 1 heterocycles. The molecule has 2 atom stereocenters. The van der Waals surface area contributed by atoms with Crippen LogP contribution < -0.4 is 10.6 Å². The molecule has 2 fully saturated rings. The molecule has 5 nitrogen and oxygen atoms in total. The molecule has 0 bridgehead atoms. The summed E-state index contributed by atoms with van der Waals surface area (Å²) in [7, 11) is 0. The Hall–Kier alpha value is -1.69. The Labute approximate surface area is 167 Å². The first-order valence-corrected chi connectivity index (χ1v) is 11.4. The van der Waals surface area contributed by atoms with E-state index < -0.39 is 0 Å². The van der Waals surface area contributed by atoms with Gasteiger partial charge in [-0.1, -0.05) is 24.3 Å². The number of guanidine groups is 1. The van der Waals surface area contributed by atoms with Gasteiger partial charge in [0.1, 0.15) is 0 Å². The zero-order valence-electron chi connectivity index (χ0n) is 16.5. The van der Waals surface area contributed by atoms with Gasteiger partial charge in [-0.05, 0) is 50.0 Å². The maximum Gasteiger partial charge on any atom is 0.222 e. The summed E-state index contributed by atoms with van der Waals surface area (Å²) in [6.45, 7) is 5.25. The van der Waals surface area contributed by atoms with Gasteiger partial charge in [-0.15, -0.1) is 0 Å². The van der Waals surface area contributed by atoms with Gasteiger partial charge in [0.2, 0.25) is 5.91 Å². The van der Waals surface area contributed by atoms with Crippen LogP contribution in [-0.4, -0.2) is 47.4 Å². The van der Waals surface area contributed by atoms with Gasteiger partial charge in [0.15, 0.2) is 5.96 Å². The number of aliphatic imine (C=N–C) groups is 1. The fraction of sp³-hybridized carbons (Fsp3) is 0.619. The van der Waals surface area contributed by atoms with Crippen molar-refractivity contribution in [2.45, 2.75) is 63.4 Å². The highest BCUT2D eigenvalue weighted by Crippen LogP contribution is 2.28. The van der Waals surface area contributed by atoms with Crippen molar-refractivity contribution >= 4 is 23.6 Å². The minimum atomic E-state index is 0.278. The number of rotatable bonds is 7. The summed E-state index contributed by atoms with van der Waals surface area (Å²) < 4.78 is 0. The second-order valence-corrected chi connectivity index (χ2v) is 8.58. The fourth-order valence-corrected chi connectivity index (χ4v) is 4.61. The third-order valence-corrected chi connectivity index (χ3v) is 6.49. The Morgan fingerprint density at radius 1 is 1.26 bits per heavy atom. The minimum Gasteiger partial charge on any atom is -0.357 e. The van der Waals surface area contributed by atoms with Crippen LogP contribution in [0.5, 0.6) is 0 Å². The summed E-state index contributed by atoms with van der Waals surface area (Å²) >= 11 is 1.97. The quantitative estimate of drug-likeness (QED) is 0.557. The maximum atomic E-state index is 11.8.